The number of carbonyl (C=O) groups excluding carboxylic acids is 1. The Bertz CT molecular complexity index is 897. The number of furan rings is 1. The molecule has 0 saturated carbocycles. The second-order valence-corrected chi connectivity index (χ2v) is 8.08. The number of nitrogens with zero attached hydrogens (tertiary/aromatic N) is 2. The Morgan fingerprint density at radius 1 is 1.21 bits per heavy atom. The van der Waals surface area contributed by atoms with E-state index >= 15 is 0 Å². The third-order valence-electron chi connectivity index (χ3n) is 5.19. The zero-order valence-electron chi connectivity index (χ0n) is 16.1. The molecule has 0 spiro atoms. The molecular weight excluding hydrogens is 370 g/mol. The van der Waals surface area contributed by atoms with Gasteiger partial charge in [0.25, 0.3) is 5.91 Å². The number of likely N-dealkylation sites (tertiary alicyclic amines) is 1. The Hall–Kier alpha value is -2.44. The monoisotopic (exact) mass is 395 g/mol. The first-order valence-corrected chi connectivity index (χ1v) is 10.7. The summed E-state index contributed by atoms with van der Waals surface area (Å²) in [4.78, 5) is 20.8. The highest BCUT2D eigenvalue weighted by Crippen LogP contribution is 2.35. The van der Waals surface area contributed by atoms with Crippen LogP contribution in [-0.2, 0) is 0 Å². The smallest absolute Gasteiger partial charge is 0.266 e. The lowest BCUT2D eigenvalue weighted by Gasteiger charge is -2.32. The van der Waals surface area contributed by atoms with Gasteiger partial charge in [-0.25, -0.2) is 4.98 Å². The molecule has 1 amide bonds. The van der Waals surface area contributed by atoms with E-state index in [4.69, 9.17) is 9.40 Å². The molecule has 1 aliphatic heterocycles. The van der Waals surface area contributed by atoms with Crippen LogP contribution in [0.3, 0.4) is 0 Å². The highest BCUT2D eigenvalue weighted by molar-refractivity contribution is 7.17. The largest absolute Gasteiger partial charge is 0.462 e. The SMILES string of the molecule is CCNCC1CCN(C(=O)c2sc(-c3ccco3)nc2-c2ccccc2)CC1. The first-order valence-electron chi connectivity index (χ1n) is 9.86. The van der Waals surface area contributed by atoms with Crippen molar-refractivity contribution in [3.05, 3.63) is 53.6 Å². The van der Waals surface area contributed by atoms with E-state index in [1.54, 1.807) is 6.26 Å². The van der Waals surface area contributed by atoms with Crippen LogP contribution in [-0.4, -0.2) is 42.0 Å². The summed E-state index contributed by atoms with van der Waals surface area (Å²) in [6.07, 6.45) is 3.72. The third-order valence-corrected chi connectivity index (χ3v) is 6.24. The Morgan fingerprint density at radius 3 is 2.68 bits per heavy atom. The van der Waals surface area contributed by atoms with E-state index in [1.807, 2.05) is 47.4 Å². The highest BCUT2D eigenvalue weighted by atomic mass is 32.1. The maximum atomic E-state index is 13.3. The molecule has 146 valence electrons. The number of piperidine rings is 1. The van der Waals surface area contributed by atoms with Crippen molar-refractivity contribution in [1.82, 2.24) is 15.2 Å². The minimum absolute atomic E-state index is 0.0797. The second kappa shape index (κ2) is 8.71. The van der Waals surface area contributed by atoms with E-state index in [1.165, 1.54) is 11.3 Å². The lowest BCUT2D eigenvalue weighted by molar-refractivity contribution is 0.0695. The van der Waals surface area contributed by atoms with Crippen molar-refractivity contribution in [3.63, 3.8) is 0 Å². The molecule has 0 unspecified atom stereocenters. The van der Waals surface area contributed by atoms with Gasteiger partial charge in [0.1, 0.15) is 4.88 Å². The molecule has 5 nitrogen and oxygen atoms in total. The number of hydrogen-bond donors (Lipinski definition) is 1. The van der Waals surface area contributed by atoms with Crippen molar-refractivity contribution in [2.45, 2.75) is 19.8 Å². The number of rotatable bonds is 6. The van der Waals surface area contributed by atoms with Crippen LogP contribution in [0.1, 0.15) is 29.4 Å². The van der Waals surface area contributed by atoms with E-state index in [2.05, 4.69) is 12.2 Å². The van der Waals surface area contributed by atoms with Crippen LogP contribution in [0.15, 0.2) is 53.1 Å². The average Bonchev–Trinajstić information content (AvgIpc) is 3.42. The van der Waals surface area contributed by atoms with Crippen molar-refractivity contribution >= 4 is 17.2 Å². The van der Waals surface area contributed by atoms with Crippen LogP contribution >= 0.6 is 11.3 Å². The molecule has 6 heteroatoms. The van der Waals surface area contributed by atoms with Crippen molar-refractivity contribution < 1.29 is 9.21 Å². The van der Waals surface area contributed by atoms with E-state index in [0.717, 1.165) is 55.3 Å². The van der Waals surface area contributed by atoms with Gasteiger partial charge in [0.2, 0.25) is 0 Å². The molecule has 0 aliphatic carbocycles. The number of amides is 1. The molecule has 3 aromatic rings. The van der Waals surface area contributed by atoms with Crippen molar-refractivity contribution in [1.29, 1.82) is 0 Å². The van der Waals surface area contributed by atoms with E-state index in [9.17, 15) is 4.79 Å². The summed E-state index contributed by atoms with van der Waals surface area (Å²) in [6, 6.07) is 13.6. The molecule has 1 N–H and O–H groups in total. The van der Waals surface area contributed by atoms with Crippen LogP contribution in [0.2, 0.25) is 0 Å². The molecule has 3 heterocycles. The van der Waals surface area contributed by atoms with Gasteiger partial charge in [-0.15, -0.1) is 11.3 Å². The van der Waals surface area contributed by atoms with Gasteiger partial charge >= 0.3 is 0 Å². The summed E-state index contributed by atoms with van der Waals surface area (Å²) in [7, 11) is 0. The average molecular weight is 396 g/mol. The van der Waals surface area contributed by atoms with Gasteiger partial charge < -0.3 is 14.6 Å². The number of benzene rings is 1. The first-order chi connectivity index (χ1) is 13.8. The lowest BCUT2D eigenvalue weighted by Crippen LogP contribution is -2.40. The molecule has 2 aromatic heterocycles. The lowest BCUT2D eigenvalue weighted by atomic mass is 9.96. The maximum Gasteiger partial charge on any atom is 0.266 e. The molecule has 1 aromatic carbocycles. The fourth-order valence-electron chi connectivity index (χ4n) is 3.59. The second-order valence-electron chi connectivity index (χ2n) is 7.08. The van der Waals surface area contributed by atoms with Crippen LogP contribution in [0.5, 0.6) is 0 Å². The number of hydrogen-bond acceptors (Lipinski definition) is 5. The molecule has 0 radical (unpaired) electrons. The Kier molecular flexibility index (Phi) is 5.88. The van der Waals surface area contributed by atoms with Crippen molar-refractivity contribution in [3.8, 4) is 22.0 Å². The minimum atomic E-state index is 0.0797. The van der Waals surface area contributed by atoms with Crippen LogP contribution in [0.25, 0.3) is 22.0 Å². The molecular formula is C22H25N3O2S. The topological polar surface area (TPSA) is 58.4 Å². The Labute approximate surface area is 169 Å². The van der Waals surface area contributed by atoms with Crippen LogP contribution < -0.4 is 5.32 Å². The molecule has 1 fully saturated rings. The van der Waals surface area contributed by atoms with Crippen molar-refractivity contribution in [2.75, 3.05) is 26.2 Å². The molecule has 1 saturated heterocycles. The predicted octanol–water partition coefficient (Wildman–Crippen LogP) is 4.53. The van der Waals surface area contributed by atoms with Gasteiger partial charge in [-0.1, -0.05) is 37.3 Å². The van der Waals surface area contributed by atoms with Crippen molar-refractivity contribution in [2.24, 2.45) is 5.92 Å². The van der Waals surface area contributed by atoms with Gasteiger partial charge in [-0.3, -0.25) is 4.79 Å². The Balaban J connectivity index is 1.59. The van der Waals surface area contributed by atoms with Gasteiger partial charge in [0, 0.05) is 18.7 Å². The number of thiazole rings is 1. The van der Waals surface area contributed by atoms with E-state index < -0.39 is 0 Å². The summed E-state index contributed by atoms with van der Waals surface area (Å²) in [5.74, 6) is 1.43. The number of carbonyl (C=O) groups is 1. The molecule has 4 rings (SSSR count). The van der Waals surface area contributed by atoms with E-state index in [-0.39, 0.29) is 5.91 Å². The quantitative estimate of drug-likeness (QED) is 0.666. The standard InChI is InChI=1S/C22H25N3O2S/c1-2-23-15-16-10-12-25(13-11-16)22(26)20-19(17-7-4-3-5-8-17)24-21(28-20)18-9-6-14-27-18/h3-9,14,16,23H,2,10-13,15H2,1H3. The third kappa shape index (κ3) is 4.03. The normalized spacial score (nSPS) is 15.1. The molecule has 1 aliphatic rings. The first kappa shape index (κ1) is 18.9. The van der Waals surface area contributed by atoms with Gasteiger partial charge in [0.15, 0.2) is 10.8 Å². The summed E-state index contributed by atoms with van der Waals surface area (Å²) >= 11 is 1.42. The fourth-order valence-corrected chi connectivity index (χ4v) is 4.62. The van der Waals surface area contributed by atoms with Gasteiger partial charge in [-0.05, 0) is 44.0 Å². The fraction of sp³-hybridized carbons (Fsp3) is 0.364. The summed E-state index contributed by atoms with van der Waals surface area (Å²) in [6.45, 7) is 5.77. The predicted molar refractivity (Wildman–Crippen MR) is 112 cm³/mol. The Morgan fingerprint density at radius 2 is 2.00 bits per heavy atom. The molecule has 28 heavy (non-hydrogen) atoms. The van der Waals surface area contributed by atoms with Crippen LogP contribution in [0.4, 0.5) is 0 Å². The summed E-state index contributed by atoms with van der Waals surface area (Å²) < 4.78 is 5.52. The summed E-state index contributed by atoms with van der Waals surface area (Å²) in [5.41, 5.74) is 1.71. The zero-order valence-corrected chi connectivity index (χ0v) is 16.9. The molecule has 0 atom stereocenters. The zero-order chi connectivity index (χ0) is 19.3. The summed E-state index contributed by atoms with van der Waals surface area (Å²) in [5, 5.41) is 4.17. The maximum absolute atomic E-state index is 13.3. The van der Waals surface area contributed by atoms with Gasteiger partial charge in [0.05, 0.1) is 12.0 Å². The highest BCUT2D eigenvalue weighted by Gasteiger charge is 2.28. The van der Waals surface area contributed by atoms with Gasteiger partial charge in [-0.2, -0.15) is 0 Å². The number of aromatic nitrogens is 1. The minimum Gasteiger partial charge on any atom is -0.462 e. The van der Waals surface area contributed by atoms with Crippen LogP contribution in [0, 0.1) is 5.92 Å². The number of nitrogens with one attached hydrogen (secondary N) is 1. The molecule has 0 bridgehead atoms. The van der Waals surface area contributed by atoms with E-state index in [0.29, 0.717) is 16.6 Å².